The summed E-state index contributed by atoms with van der Waals surface area (Å²) in [6.45, 7) is 3.80. The number of hydrogen-bond donors (Lipinski definition) is 1. The number of nitrogens with zero attached hydrogens (tertiary/aromatic N) is 1. The SMILES string of the molecule is CCCC(C)NC(=O)c1ccnc(F)c1F. The number of carbonyl (C=O) groups excluding carboxylic acids is 1. The fourth-order valence-corrected chi connectivity index (χ4v) is 1.40. The van der Waals surface area contributed by atoms with Crippen molar-refractivity contribution < 1.29 is 13.6 Å². The standard InChI is InChI=1S/C11H14F2N2O/c1-3-4-7(2)15-11(16)8-5-6-14-10(13)9(8)12/h5-7H,3-4H2,1-2H3,(H,15,16). The molecule has 0 aromatic carbocycles. The van der Waals surface area contributed by atoms with Gasteiger partial charge in [0, 0.05) is 12.2 Å². The van der Waals surface area contributed by atoms with E-state index in [0.717, 1.165) is 25.1 Å². The van der Waals surface area contributed by atoms with Crippen molar-refractivity contribution in [1.29, 1.82) is 0 Å². The Balaban J connectivity index is 2.77. The lowest BCUT2D eigenvalue weighted by atomic mass is 10.1. The average Bonchev–Trinajstić information content (AvgIpc) is 2.22. The Morgan fingerprint density at radius 2 is 2.25 bits per heavy atom. The van der Waals surface area contributed by atoms with Gasteiger partial charge in [0.05, 0.1) is 5.56 Å². The van der Waals surface area contributed by atoms with E-state index < -0.39 is 17.7 Å². The van der Waals surface area contributed by atoms with E-state index in [2.05, 4.69) is 10.3 Å². The molecule has 1 atom stereocenters. The lowest BCUT2D eigenvalue weighted by molar-refractivity contribution is 0.0933. The van der Waals surface area contributed by atoms with Gasteiger partial charge in [0.15, 0.2) is 5.82 Å². The van der Waals surface area contributed by atoms with E-state index in [1.165, 1.54) is 0 Å². The van der Waals surface area contributed by atoms with Gasteiger partial charge in [-0.15, -0.1) is 0 Å². The third-order valence-corrected chi connectivity index (χ3v) is 2.19. The average molecular weight is 228 g/mol. The molecule has 1 unspecified atom stereocenters. The Bertz CT molecular complexity index is 382. The van der Waals surface area contributed by atoms with Crippen molar-refractivity contribution in [3.63, 3.8) is 0 Å². The summed E-state index contributed by atoms with van der Waals surface area (Å²) in [6, 6.07) is 1.10. The molecule has 0 aliphatic heterocycles. The van der Waals surface area contributed by atoms with Crippen LogP contribution in [0.1, 0.15) is 37.0 Å². The van der Waals surface area contributed by atoms with Crippen LogP contribution in [0.2, 0.25) is 0 Å². The van der Waals surface area contributed by atoms with Crippen LogP contribution in [-0.4, -0.2) is 16.9 Å². The molecule has 1 amide bonds. The maximum absolute atomic E-state index is 13.2. The van der Waals surface area contributed by atoms with E-state index in [4.69, 9.17) is 0 Å². The normalized spacial score (nSPS) is 12.2. The van der Waals surface area contributed by atoms with Gasteiger partial charge >= 0.3 is 0 Å². The Morgan fingerprint density at radius 1 is 1.56 bits per heavy atom. The van der Waals surface area contributed by atoms with Crippen molar-refractivity contribution in [1.82, 2.24) is 10.3 Å². The van der Waals surface area contributed by atoms with Crippen LogP contribution in [0, 0.1) is 11.8 Å². The van der Waals surface area contributed by atoms with Crippen LogP contribution in [0.4, 0.5) is 8.78 Å². The summed E-state index contributed by atoms with van der Waals surface area (Å²) in [5, 5.41) is 2.59. The molecule has 0 bridgehead atoms. The topological polar surface area (TPSA) is 42.0 Å². The van der Waals surface area contributed by atoms with Gasteiger partial charge < -0.3 is 5.32 Å². The summed E-state index contributed by atoms with van der Waals surface area (Å²) < 4.78 is 25.9. The highest BCUT2D eigenvalue weighted by atomic mass is 19.2. The minimum Gasteiger partial charge on any atom is -0.349 e. The minimum absolute atomic E-state index is 0.0619. The summed E-state index contributed by atoms with van der Waals surface area (Å²) >= 11 is 0. The monoisotopic (exact) mass is 228 g/mol. The van der Waals surface area contributed by atoms with Crippen molar-refractivity contribution in [2.24, 2.45) is 0 Å². The number of pyridine rings is 1. The third-order valence-electron chi connectivity index (χ3n) is 2.19. The third kappa shape index (κ3) is 2.98. The first-order chi connectivity index (χ1) is 7.56. The van der Waals surface area contributed by atoms with Crippen LogP contribution in [0.15, 0.2) is 12.3 Å². The lowest BCUT2D eigenvalue weighted by Crippen LogP contribution is -2.33. The zero-order valence-corrected chi connectivity index (χ0v) is 9.26. The van der Waals surface area contributed by atoms with Gasteiger partial charge in [-0.25, -0.2) is 9.37 Å². The van der Waals surface area contributed by atoms with E-state index in [1.807, 2.05) is 13.8 Å². The number of aromatic nitrogens is 1. The van der Waals surface area contributed by atoms with Crippen molar-refractivity contribution in [2.75, 3.05) is 0 Å². The smallest absolute Gasteiger partial charge is 0.254 e. The first kappa shape index (κ1) is 12.5. The number of hydrogen-bond acceptors (Lipinski definition) is 2. The summed E-state index contributed by atoms with van der Waals surface area (Å²) in [7, 11) is 0. The molecule has 0 radical (unpaired) electrons. The van der Waals surface area contributed by atoms with Crippen molar-refractivity contribution in [2.45, 2.75) is 32.7 Å². The molecule has 1 aromatic rings. The van der Waals surface area contributed by atoms with Crippen LogP contribution in [0.25, 0.3) is 0 Å². The molecule has 0 aliphatic rings. The molecule has 0 fully saturated rings. The summed E-state index contributed by atoms with van der Waals surface area (Å²) in [6.07, 6.45) is 2.77. The maximum atomic E-state index is 13.2. The molecule has 88 valence electrons. The van der Waals surface area contributed by atoms with Crippen molar-refractivity contribution in [3.8, 4) is 0 Å². The Kier molecular flexibility index (Phi) is 4.34. The van der Waals surface area contributed by atoms with Gasteiger partial charge in [-0.1, -0.05) is 13.3 Å². The molecule has 3 nitrogen and oxygen atoms in total. The van der Waals surface area contributed by atoms with Gasteiger partial charge in [0.1, 0.15) is 0 Å². The first-order valence-electron chi connectivity index (χ1n) is 5.17. The van der Waals surface area contributed by atoms with Crippen LogP contribution in [-0.2, 0) is 0 Å². The van der Waals surface area contributed by atoms with E-state index in [9.17, 15) is 13.6 Å². The predicted molar refractivity (Wildman–Crippen MR) is 56.0 cm³/mol. The van der Waals surface area contributed by atoms with Crippen LogP contribution < -0.4 is 5.32 Å². The second kappa shape index (κ2) is 5.53. The molecule has 1 aromatic heterocycles. The molecule has 1 heterocycles. The van der Waals surface area contributed by atoms with Gasteiger partial charge in [-0.2, -0.15) is 4.39 Å². The van der Waals surface area contributed by atoms with E-state index in [-0.39, 0.29) is 11.6 Å². The maximum Gasteiger partial charge on any atom is 0.254 e. The first-order valence-corrected chi connectivity index (χ1v) is 5.17. The molecule has 0 saturated carbocycles. The zero-order chi connectivity index (χ0) is 12.1. The molecular weight excluding hydrogens is 214 g/mol. The zero-order valence-electron chi connectivity index (χ0n) is 9.26. The Morgan fingerprint density at radius 3 is 2.88 bits per heavy atom. The van der Waals surface area contributed by atoms with Crippen LogP contribution in [0.5, 0.6) is 0 Å². The summed E-state index contributed by atoms with van der Waals surface area (Å²) in [5.41, 5.74) is -0.310. The van der Waals surface area contributed by atoms with E-state index in [0.29, 0.717) is 0 Å². The molecular formula is C11H14F2N2O. The van der Waals surface area contributed by atoms with Crippen molar-refractivity contribution in [3.05, 3.63) is 29.6 Å². The van der Waals surface area contributed by atoms with E-state index in [1.54, 1.807) is 0 Å². The molecule has 0 spiro atoms. The molecule has 16 heavy (non-hydrogen) atoms. The summed E-state index contributed by atoms with van der Waals surface area (Å²) in [4.78, 5) is 14.7. The fourth-order valence-electron chi connectivity index (χ4n) is 1.40. The second-order valence-electron chi connectivity index (χ2n) is 3.63. The Hall–Kier alpha value is -1.52. The number of halogens is 2. The summed E-state index contributed by atoms with van der Waals surface area (Å²) in [5.74, 6) is -3.07. The molecule has 1 N–H and O–H groups in total. The minimum atomic E-state index is -1.25. The number of rotatable bonds is 4. The van der Waals surface area contributed by atoms with Gasteiger partial charge in [0.2, 0.25) is 5.95 Å². The quantitative estimate of drug-likeness (QED) is 0.803. The predicted octanol–water partition coefficient (Wildman–Crippen LogP) is 2.28. The molecule has 0 aliphatic carbocycles. The highest BCUT2D eigenvalue weighted by Crippen LogP contribution is 2.09. The molecule has 5 heteroatoms. The van der Waals surface area contributed by atoms with Gasteiger partial charge in [-0.05, 0) is 19.4 Å². The highest BCUT2D eigenvalue weighted by molar-refractivity contribution is 5.94. The van der Waals surface area contributed by atoms with Crippen molar-refractivity contribution >= 4 is 5.91 Å². The van der Waals surface area contributed by atoms with E-state index >= 15 is 0 Å². The van der Waals surface area contributed by atoms with Gasteiger partial charge in [-0.3, -0.25) is 4.79 Å². The number of amides is 1. The fraction of sp³-hybridized carbons (Fsp3) is 0.455. The molecule has 1 rings (SSSR count). The van der Waals surface area contributed by atoms with Crippen LogP contribution >= 0.6 is 0 Å². The largest absolute Gasteiger partial charge is 0.349 e. The highest BCUT2D eigenvalue weighted by Gasteiger charge is 2.17. The lowest BCUT2D eigenvalue weighted by Gasteiger charge is -2.12. The second-order valence-corrected chi connectivity index (χ2v) is 3.63. The van der Waals surface area contributed by atoms with Crippen LogP contribution in [0.3, 0.4) is 0 Å². The number of nitrogens with one attached hydrogen (secondary N) is 1. The van der Waals surface area contributed by atoms with Gasteiger partial charge in [0.25, 0.3) is 5.91 Å². The number of carbonyl (C=O) groups is 1. The Labute approximate surface area is 92.9 Å². The molecule has 0 saturated heterocycles.